The minimum absolute atomic E-state index is 0.0165. The van der Waals surface area contributed by atoms with Crippen LogP contribution >= 0.6 is 0 Å². The van der Waals surface area contributed by atoms with E-state index in [1.165, 1.54) is 12.1 Å². The summed E-state index contributed by atoms with van der Waals surface area (Å²) >= 11 is 0. The monoisotopic (exact) mass is 304 g/mol. The predicted octanol–water partition coefficient (Wildman–Crippen LogP) is 2.36. The molecule has 1 aromatic carbocycles. The summed E-state index contributed by atoms with van der Waals surface area (Å²) in [5.41, 5.74) is 0.978. The topological polar surface area (TPSA) is 40.6 Å². The molecule has 0 unspecified atom stereocenters. The SMILES string of the molecule is CN1CC[C@H](C(=O)N2CCC[C@H]2c2ccc(F)cc2)CC1=O. The second kappa shape index (κ2) is 6.07. The maximum atomic E-state index is 13.1. The maximum absolute atomic E-state index is 13.1. The second-order valence-electron chi connectivity index (χ2n) is 6.25. The number of halogens is 1. The van der Waals surface area contributed by atoms with Gasteiger partial charge in [-0.15, -0.1) is 0 Å². The van der Waals surface area contributed by atoms with E-state index < -0.39 is 0 Å². The second-order valence-corrected chi connectivity index (χ2v) is 6.25. The summed E-state index contributed by atoms with van der Waals surface area (Å²) in [7, 11) is 1.78. The van der Waals surface area contributed by atoms with Crippen LogP contribution in [0, 0.1) is 11.7 Å². The standard InChI is InChI=1S/C17H21FN2O2/c1-19-10-8-13(11-16(19)21)17(22)20-9-2-3-15(20)12-4-6-14(18)7-5-12/h4-7,13,15H,2-3,8-11H2,1H3/t13-,15-/m0/s1. The van der Waals surface area contributed by atoms with Gasteiger partial charge in [-0.1, -0.05) is 12.1 Å². The molecule has 0 bridgehead atoms. The highest BCUT2D eigenvalue weighted by Gasteiger charge is 2.36. The van der Waals surface area contributed by atoms with Gasteiger partial charge in [0.25, 0.3) is 0 Å². The lowest BCUT2D eigenvalue weighted by Gasteiger charge is -2.33. The quantitative estimate of drug-likeness (QED) is 0.841. The Morgan fingerprint density at radius 2 is 1.91 bits per heavy atom. The Balaban J connectivity index is 1.74. The highest BCUT2D eigenvalue weighted by atomic mass is 19.1. The van der Waals surface area contributed by atoms with Crippen molar-refractivity contribution in [3.63, 3.8) is 0 Å². The number of hydrogen-bond donors (Lipinski definition) is 0. The molecule has 2 aliphatic rings. The van der Waals surface area contributed by atoms with E-state index in [2.05, 4.69) is 0 Å². The molecule has 0 N–H and O–H groups in total. The van der Waals surface area contributed by atoms with Crippen LogP contribution in [-0.2, 0) is 9.59 Å². The van der Waals surface area contributed by atoms with Gasteiger partial charge in [-0.3, -0.25) is 9.59 Å². The number of carbonyl (C=O) groups is 2. The van der Waals surface area contributed by atoms with Crippen molar-refractivity contribution in [3.05, 3.63) is 35.6 Å². The van der Waals surface area contributed by atoms with E-state index >= 15 is 0 Å². The molecule has 2 atom stereocenters. The minimum Gasteiger partial charge on any atom is -0.346 e. The van der Waals surface area contributed by atoms with Crippen molar-refractivity contribution in [2.45, 2.75) is 31.7 Å². The van der Waals surface area contributed by atoms with E-state index in [0.717, 1.165) is 31.4 Å². The molecule has 4 nitrogen and oxygen atoms in total. The molecule has 118 valence electrons. The Labute approximate surface area is 129 Å². The van der Waals surface area contributed by atoms with Gasteiger partial charge >= 0.3 is 0 Å². The number of likely N-dealkylation sites (tertiary alicyclic amines) is 2. The van der Waals surface area contributed by atoms with Gasteiger partial charge in [0.1, 0.15) is 5.82 Å². The Kier molecular flexibility index (Phi) is 4.14. The molecule has 22 heavy (non-hydrogen) atoms. The van der Waals surface area contributed by atoms with Crippen LogP contribution in [0.1, 0.15) is 37.3 Å². The number of nitrogens with zero attached hydrogens (tertiary/aromatic N) is 2. The summed E-state index contributed by atoms with van der Waals surface area (Å²) in [5, 5.41) is 0. The summed E-state index contributed by atoms with van der Waals surface area (Å²) in [6, 6.07) is 6.41. The summed E-state index contributed by atoms with van der Waals surface area (Å²) in [5.74, 6) is -0.347. The zero-order valence-corrected chi connectivity index (χ0v) is 12.8. The smallest absolute Gasteiger partial charge is 0.226 e. The molecule has 3 rings (SSSR count). The van der Waals surface area contributed by atoms with Gasteiger partial charge < -0.3 is 9.80 Å². The summed E-state index contributed by atoms with van der Waals surface area (Å²) in [6.07, 6.45) is 2.89. The fraction of sp³-hybridized carbons (Fsp3) is 0.529. The average molecular weight is 304 g/mol. The van der Waals surface area contributed by atoms with Crippen molar-refractivity contribution in [2.75, 3.05) is 20.1 Å². The van der Waals surface area contributed by atoms with Crippen LogP contribution in [0.25, 0.3) is 0 Å². The van der Waals surface area contributed by atoms with Gasteiger partial charge in [0.2, 0.25) is 11.8 Å². The molecule has 5 heteroatoms. The van der Waals surface area contributed by atoms with Crippen molar-refractivity contribution in [1.82, 2.24) is 9.80 Å². The summed E-state index contributed by atoms with van der Waals surface area (Å²) in [6.45, 7) is 1.37. The summed E-state index contributed by atoms with van der Waals surface area (Å²) < 4.78 is 13.1. The molecular weight excluding hydrogens is 283 g/mol. The lowest BCUT2D eigenvalue weighted by atomic mass is 9.94. The first kappa shape index (κ1) is 15.0. The number of benzene rings is 1. The van der Waals surface area contributed by atoms with E-state index in [9.17, 15) is 14.0 Å². The van der Waals surface area contributed by atoms with Crippen LogP contribution in [0.5, 0.6) is 0 Å². The van der Waals surface area contributed by atoms with Gasteiger partial charge in [0.15, 0.2) is 0 Å². The number of piperidine rings is 1. The van der Waals surface area contributed by atoms with Crippen LogP contribution in [0.4, 0.5) is 4.39 Å². The molecule has 0 saturated carbocycles. The molecule has 0 spiro atoms. The van der Waals surface area contributed by atoms with Crippen LogP contribution in [0.2, 0.25) is 0 Å². The van der Waals surface area contributed by atoms with E-state index in [4.69, 9.17) is 0 Å². The average Bonchev–Trinajstić information content (AvgIpc) is 2.99. The Morgan fingerprint density at radius 1 is 1.18 bits per heavy atom. The van der Waals surface area contributed by atoms with Gasteiger partial charge in [-0.05, 0) is 37.0 Å². The minimum atomic E-state index is -0.263. The first-order valence-electron chi connectivity index (χ1n) is 7.86. The lowest BCUT2D eigenvalue weighted by molar-refractivity contribution is -0.145. The molecule has 1 aromatic rings. The van der Waals surface area contributed by atoms with Crippen molar-refractivity contribution >= 4 is 11.8 Å². The highest BCUT2D eigenvalue weighted by Crippen LogP contribution is 2.34. The maximum Gasteiger partial charge on any atom is 0.226 e. The fourth-order valence-corrected chi connectivity index (χ4v) is 3.45. The first-order valence-corrected chi connectivity index (χ1v) is 7.86. The zero-order chi connectivity index (χ0) is 15.7. The molecule has 2 fully saturated rings. The van der Waals surface area contributed by atoms with E-state index in [0.29, 0.717) is 13.0 Å². The first-order chi connectivity index (χ1) is 10.6. The van der Waals surface area contributed by atoms with Gasteiger partial charge in [-0.2, -0.15) is 0 Å². The van der Waals surface area contributed by atoms with Crippen LogP contribution in [-0.4, -0.2) is 41.8 Å². The van der Waals surface area contributed by atoms with Gasteiger partial charge in [0.05, 0.1) is 6.04 Å². The Bertz CT molecular complexity index is 573. The predicted molar refractivity (Wildman–Crippen MR) is 80.4 cm³/mol. The Morgan fingerprint density at radius 3 is 2.59 bits per heavy atom. The molecule has 2 saturated heterocycles. The van der Waals surface area contributed by atoms with Gasteiger partial charge in [-0.25, -0.2) is 4.39 Å². The number of carbonyl (C=O) groups excluding carboxylic acids is 2. The molecule has 0 radical (unpaired) electrons. The van der Waals surface area contributed by atoms with Gasteiger partial charge in [0, 0.05) is 32.5 Å². The van der Waals surface area contributed by atoms with Crippen LogP contribution in [0.15, 0.2) is 24.3 Å². The van der Waals surface area contributed by atoms with E-state index in [1.807, 2.05) is 4.90 Å². The number of amides is 2. The van der Waals surface area contributed by atoms with Crippen molar-refractivity contribution in [2.24, 2.45) is 5.92 Å². The van der Waals surface area contributed by atoms with E-state index in [1.54, 1.807) is 24.1 Å². The molecule has 0 aliphatic carbocycles. The molecular formula is C17H21FN2O2. The number of hydrogen-bond acceptors (Lipinski definition) is 2. The molecule has 2 heterocycles. The number of rotatable bonds is 2. The molecule has 2 aliphatic heterocycles. The largest absolute Gasteiger partial charge is 0.346 e. The normalized spacial score (nSPS) is 25.6. The molecule has 0 aromatic heterocycles. The zero-order valence-electron chi connectivity index (χ0n) is 12.8. The van der Waals surface area contributed by atoms with Crippen molar-refractivity contribution in [3.8, 4) is 0 Å². The third-order valence-corrected chi connectivity index (χ3v) is 4.80. The van der Waals surface area contributed by atoms with Crippen LogP contribution in [0.3, 0.4) is 0 Å². The third kappa shape index (κ3) is 2.85. The lowest BCUT2D eigenvalue weighted by Crippen LogP contribution is -2.43. The van der Waals surface area contributed by atoms with Crippen LogP contribution < -0.4 is 0 Å². The highest BCUT2D eigenvalue weighted by molar-refractivity contribution is 5.87. The fourth-order valence-electron chi connectivity index (χ4n) is 3.45. The Hall–Kier alpha value is -1.91. The molecule has 2 amide bonds. The summed E-state index contributed by atoms with van der Waals surface area (Å²) in [4.78, 5) is 28.2. The van der Waals surface area contributed by atoms with Crippen molar-refractivity contribution < 1.29 is 14.0 Å². The third-order valence-electron chi connectivity index (χ3n) is 4.80. The van der Waals surface area contributed by atoms with E-state index in [-0.39, 0.29) is 29.6 Å². The van der Waals surface area contributed by atoms with Crippen molar-refractivity contribution in [1.29, 1.82) is 0 Å².